The summed E-state index contributed by atoms with van der Waals surface area (Å²) in [5.41, 5.74) is 6.78. The van der Waals surface area contributed by atoms with Gasteiger partial charge in [0, 0.05) is 12.6 Å². The van der Waals surface area contributed by atoms with Crippen LogP contribution in [0.3, 0.4) is 0 Å². The second-order valence-electron chi connectivity index (χ2n) is 4.32. The fourth-order valence-electron chi connectivity index (χ4n) is 1.80. The van der Waals surface area contributed by atoms with Crippen LogP contribution in [0.5, 0.6) is 0 Å². The van der Waals surface area contributed by atoms with E-state index in [0.29, 0.717) is 12.6 Å². The lowest BCUT2D eigenvalue weighted by molar-refractivity contribution is 0.315. The molecule has 0 fully saturated rings. The first-order chi connectivity index (χ1) is 8.69. The maximum atomic E-state index is 8.85. The predicted octanol–water partition coefficient (Wildman–Crippen LogP) is 2.07. The Morgan fingerprint density at radius 3 is 2.72 bits per heavy atom. The van der Waals surface area contributed by atoms with E-state index in [-0.39, 0.29) is 11.8 Å². The first-order valence-electron chi connectivity index (χ1n) is 6.05. The zero-order valence-electron chi connectivity index (χ0n) is 10.7. The van der Waals surface area contributed by atoms with E-state index in [1.54, 1.807) is 0 Å². The Morgan fingerprint density at radius 1 is 1.50 bits per heavy atom. The Morgan fingerprint density at radius 2 is 2.17 bits per heavy atom. The van der Waals surface area contributed by atoms with Crippen LogP contribution in [0.2, 0.25) is 0 Å². The number of benzene rings is 1. The molecule has 0 amide bonds. The van der Waals surface area contributed by atoms with Crippen LogP contribution in [0.4, 0.5) is 0 Å². The SMILES string of the molecule is C=CCC(C)NCC(/C(N)=N/O)c1ccccc1. The molecule has 1 aromatic carbocycles. The molecule has 0 saturated carbocycles. The molecular formula is C14H21N3O. The third-order valence-corrected chi connectivity index (χ3v) is 2.87. The second kappa shape index (κ2) is 7.50. The Hall–Kier alpha value is -1.81. The van der Waals surface area contributed by atoms with Crippen molar-refractivity contribution in [2.45, 2.75) is 25.3 Å². The molecule has 0 bridgehead atoms. The van der Waals surface area contributed by atoms with Gasteiger partial charge in [-0.1, -0.05) is 41.6 Å². The van der Waals surface area contributed by atoms with Crippen LogP contribution in [-0.4, -0.2) is 23.6 Å². The fraction of sp³-hybridized carbons (Fsp3) is 0.357. The minimum atomic E-state index is -0.122. The summed E-state index contributed by atoms with van der Waals surface area (Å²) < 4.78 is 0. The molecule has 0 spiro atoms. The van der Waals surface area contributed by atoms with Crippen LogP contribution < -0.4 is 11.1 Å². The molecule has 0 aliphatic carbocycles. The molecule has 18 heavy (non-hydrogen) atoms. The monoisotopic (exact) mass is 247 g/mol. The maximum Gasteiger partial charge on any atom is 0.147 e. The Bertz CT molecular complexity index is 389. The highest BCUT2D eigenvalue weighted by Gasteiger charge is 2.16. The quantitative estimate of drug-likeness (QED) is 0.227. The van der Waals surface area contributed by atoms with Gasteiger partial charge in [0.05, 0.1) is 5.92 Å². The Labute approximate surface area is 108 Å². The molecule has 0 heterocycles. The summed E-state index contributed by atoms with van der Waals surface area (Å²) in [6.07, 6.45) is 2.76. The fourth-order valence-corrected chi connectivity index (χ4v) is 1.80. The molecule has 0 saturated heterocycles. The smallest absolute Gasteiger partial charge is 0.147 e. The topological polar surface area (TPSA) is 70.6 Å². The van der Waals surface area contributed by atoms with E-state index in [1.807, 2.05) is 36.4 Å². The minimum Gasteiger partial charge on any atom is -0.409 e. The van der Waals surface area contributed by atoms with Gasteiger partial charge in [-0.05, 0) is 18.9 Å². The van der Waals surface area contributed by atoms with E-state index < -0.39 is 0 Å². The van der Waals surface area contributed by atoms with Crippen molar-refractivity contribution in [3.63, 3.8) is 0 Å². The van der Waals surface area contributed by atoms with Crippen molar-refractivity contribution >= 4 is 5.84 Å². The van der Waals surface area contributed by atoms with Gasteiger partial charge in [-0.15, -0.1) is 6.58 Å². The summed E-state index contributed by atoms with van der Waals surface area (Å²) in [5.74, 6) is 0.1000. The van der Waals surface area contributed by atoms with E-state index in [4.69, 9.17) is 10.9 Å². The zero-order chi connectivity index (χ0) is 13.4. The lowest BCUT2D eigenvalue weighted by atomic mass is 9.97. The number of nitrogens with two attached hydrogens (primary N) is 1. The van der Waals surface area contributed by atoms with Crippen molar-refractivity contribution in [2.75, 3.05) is 6.54 Å². The lowest BCUT2D eigenvalue weighted by Gasteiger charge is -2.19. The molecule has 0 aromatic heterocycles. The molecule has 98 valence electrons. The normalized spacial score (nSPS) is 15.1. The first kappa shape index (κ1) is 14.3. The molecule has 0 aliphatic rings. The van der Waals surface area contributed by atoms with Crippen molar-refractivity contribution in [1.82, 2.24) is 5.32 Å². The van der Waals surface area contributed by atoms with E-state index in [2.05, 4.69) is 24.0 Å². The van der Waals surface area contributed by atoms with Gasteiger partial charge >= 0.3 is 0 Å². The van der Waals surface area contributed by atoms with Gasteiger partial charge in [0.1, 0.15) is 5.84 Å². The molecule has 4 nitrogen and oxygen atoms in total. The third kappa shape index (κ3) is 4.22. The minimum absolute atomic E-state index is 0.122. The van der Waals surface area contributed by atoms with Crippen LogP contribution in [0.1, 0.15) is 24.8 Å². The number of amidine groups is 1. The molecular weight excluding hydrogens is 226 g/mol. The molecule has 1 aromatic rings. The van der Waals surface area contributed by atoms with Gasteiger partial charge < -0.3 is 16.3 Å². The average Bonchev–Trinajstić information content (AvgIpc) is 2.40. The summed E-state index contributed by atoms with van der Waals surface area (Å²) in [6.45, 7) is 6.42. The third-order valence-electron chi connectivity index (χ3n) is 2.87. The predicted molar refractivity (Wildman–Crippen MR) is 74.9 cm³/mol. The number of rotatable bonds is 7. The van der Waals surface area contributed by atoms with Crippen LogP contribution >= 0.6 is 0 Å². The first-order valence-corrected chi connectivity index (χ1v) is 6.05. The lowest BCUT2D eigenvalue weighted by Crippen LogP contribution is -2.35. The van der Waals surface area contributed by atoms with Crippen molar-refractivity contribution in [3.05, 3.63) is 48.6 Å². The van der Waals surface area contributed by atoms with Gasteiger partial charge in [-0.2, -0.15) is 0 Å². The van der Waals surface area contributed by atoms with Crippen LogP contribution in [0, 0.1) is 0 Å². The van der Waals surface area contributed by atoms with E-state index >= 15 is 0 Å². The van der Waals surface area contributed by atoms with Gasteiger partial charge in [-0.25, -0.2) is 0 Å². The summed E-state index contributed by atoms with van der Waals surface area (Å²) in [4.78, 5) is 0. The van der Waals surface area contributed by atoms with Gasteiger partial charge in [0.15, 0.2) is 0 Å². The molecule has 4 heteroatoms. The van der Waals surface area contributed by atoms with E-state index in [1.165, 1.54) is 0 Å². The highest BCUT2D eigenvalue weighted by molar-refractivity contribution is 5.87. The maximum absolute atomic E-state index is 8.85. The van der Waals surface area contributed by atoms with Gasteiger partial charge in [0.25, 0.3) is 0 Å². The standard InChI is InChI=1S/C14H21N3O/c1-3-7-11(2)16-10-13(14(15)17-18)12-8-5-4-6-9-12/h3-6,8-9,11,13,16,18H,1,7,10H2,2H3,(H2,15,17). The Balaban J connectivity index is 2.72. The molecule has 2 atom stereocenters. The molecule has 0 radical (unpaired) electrons. The second-order valence-corrected chi connectivity index (χ2v) is 4.32. The van der Waals surface area contributed by atoms with Crippen LogP contribution in [0.25, 0.3) is 0 Å². The van der Waals surface area contributed by atoms with Crippen LogP contribution in [-0.2, 0) is 0 Å². The number of nitrogens with one attached hydrogen (secondary N) is 1. The van der Waals surface area contributed by atoms with Crippen LogP contribution in [0.15, 0.2) is 48.1 Å². The average molecular weight is 247 g/mol. The number of hydrogen-bond donors (Lipinski definition) is 3. The van der Waals surface area contributed by atoms with Gasteiger partial charge in [0.2, 0.25) is 0 Å². The zero-order valence-corrected chi connectivity index (χ0v) is 10.7. The van der Waals surface area contributed by atoms with Crippen molar-refractivity contribution < 1.29 is 5.21 Å². The highest BCUT2D eigenvalue weighted by Crippen LogP contribution is 2.15. The Kier molecular flexibility index (Phi) is 5.94. The van der Waals surface area contributed by atoms with Crippen molar-refractivity contribution in [3.8, 4) is 0 Å². The van der Waals surface area contributed by atoms with E-state index in [9.17, 15) is 0 Å². The summed E-state index contributed by atoms with van der Waals surface area (Å²) in [6, 6.07) is 10.1. The van der Waals surface area contributed by atoms with E-state index in [0.717, 1.165) is 12.0 Å². The van der Waals surface area contributed by atoms with Crippen molar-refractivity contribution in [2.24, 2.45) is 10.9 Å². The van der Waals surface area contributed by atoms with Gasteiger partial charge in [-0.3, -0.25) is 0 Å². The number of nitrogens with zero attached hydrogens (tertiary/aromatic N) is 1. The molecule has 2 unspecified atom stereocenters. The summed E-state index contributed by atoms with van der Waals surface area (Å²) >= 11 is 0. The summed E-state index contributed by atoms with van der Waals surface area (Å²) in [7, 11) is 0. The molecule has 4 N–H and O–H groups in total. The van der Waals surface area contributed by atoms with Crippen molar-refractivity contribution in [1.29, 1.82) is 0 Å². The number of oxime groups is 1. The molecule has 1 rings (SSSR count). The highest BCUT2D eigenvalue weighted by atomic mass is 16.4. The molecule has 0 aliphatic heterocycles. The number of hydrogen-bond acceptors (Lipinski definition) is 3. The largest absolute Gasteiger partial charge is 0.409 e. The summed E-state index contributed by atoms with van der Waals surface area (Å²) in [5, 5.41) is 15.3.